The molecular formula is C74H79IO11. The number of rotatable bonds is 24. The number of hydrogen-bond acceptors (Lipinski definition) is 11. The Morgan fingerprint density at radius 2 is 0.628 bits per heavy atom. The van der Waals surface area contributed by atoms with Crippen LogP contribution in [0.5, 0.6) is 11.5 Å². The lowest BCUT2D eigenvalue weighted by Gasteiger charge is -2.28. The Morgan fingerprint density at radius 3 is 0.907 bits per heavy atom. The van der Waals surface area contributed by atoms with E-state index in [9.17, 15) is 24.3 Å². The standard InChI is InChI=1S/C37H39IO5.C37H40O6/c2*1-37(2,3)43-36(40)34(23-27-10-16-30(17-11-27)31-18-12-28(24-38)13-19-31)33(22-26-8-6-5-7-9-26)35(39)42-25-29-14-20-32(41-4)21-15-29/h5-21,33-34H,22-25H2,1-4H3;5-21,33-34,38H,22-25H2,1-4H3/t2*33-,34+/m11/s1. The van der Waals surface area contributed by atoms with Gasteiger partial charge in [-0.2, -0.15) is 0 Å². The first kappa shape index (κ1) is 65.5. The SMILES string of the molecule is COc1ccc(COC(=O)[C@H](Cc2ccccc2)[C@H](Cc2ccc(-c3ccc(CI)cc3)cc2)C(=O)OC(C)(C)C)cc1.COc1ccc(COC(=O)[C@H](Cc2ccccc2)[C@H](Cc2ccc(-c3ccc(CO)cc3)cc2)C(=O)OC(C)(C)C)cc1. The second-order valence-corrected chi connectivity index (χ2v) is 24.0. The summed E-state index contributed by atoms with van der Waals surface area (Å²) in [6, 6.07) is 66.5. The number of benzene rings is 8. The van der Waals surface area contributed by atoms with E-state index in [0.717, 1.165) is 77.1 Å². The van der Waals surface area contributed by atoms with Gasteiger partial charge in [0.05, 0.1) is 44.5 Å². The third kappa shape index (κ3) is 20.6. The van der Waals surface area contributed by atoms with Gasteiger partial charge in [0.15, 0.2) is 0 Å². The molecule has 11 nitrogen and oxygen atoms in total. The number of aliphatic hydroxyl groups excluding tert-OH is 1. The van der Waals surface area contributed by atoms with Crippen molar-refractivity contribution in [3.63, 3.8) is 0 Å². The van der Waals surface area contributed by atoms with Gasteiger partial charge < -0.3 is 33.5 Å². The van der Waals surface area contributed by atoms with Crippen molar-refractivity contribution in [1.82, 2.24) is 0 Å². The summed E-state index contributed by atoms with van der Waals surface area (Å²) >= 11 is 2.36. The minimum Gasteiger partial charge on any atom is -0.497 e. The van der Waals surface area contributed by atoms with Gasteiger partial charge in [-0.3, -0.25) is 19.2 Å². The molecule has 0 amide bonds. The fourth-order valence-electron chi connectivity index (χ4n) is 9.78. The Hall–Kier alpha value is -8.07. The van der Waals surface area contributed by atoms with Crippen LogP contribution in [0, 0.1) is 23.7 Å². The topological polar surface area (TPSA) is 144 Å². The average molecular weight is 1270 g/mol. The highest BCUT2D eigenvalue weighted by Gasteiger charge is 2.40. The van der Waals surface area contributed by atoms with Crippen molar-refractivity contribution >= 4 is 46.5 Å². The van der Waals surface area contributed by atoms with Gasteiger partial charge in [0.1, 0.15) is 35.9 Å². The van der Waals surface area contributed by atoms with E-state index < -0.39 is 58.8 Å². The first-order valence-electron chi connectivity index (χ1n) is 29.0. The normalized spacial score (nSPS) is 12.7. The Kier molecular flexibility index (Phi) is 24.3. The van der Waals surface area contributed by atoms with Gasteiger partial charge in [-0.05, 0) is 158 Å². The van der Waals surface area contributed by atoms with Crippen LogP contribution in [0.25, 0.3) is 22.3 Å². The number of carbonyl (C=O) groups excluding carboxylic acids is 4. The molecule has 86 heavy (non-hydrogen) atoms. The summed E-state index contributed by atoms with van der Waals surface area (Å²) in [6.07, 6.45) is 1.35. The van der Waals surface area contributed by atoms with Crippen LogP contribution in [0.2, 0.25) is 0 Å². The van der Waals surface area contributed by atoms with Gasteiger partial charge >= 0.3 is 23.9 Å². The number of carbonyl (C=O) groups is 4. The van der Waals surface area contributed by atoms with Gasteiger partial charge in [-0.15, -0.1) is 0 Å². The third-order valence-electron chi connectivity index (χ3n) is 14.4. The summed E-state index contributed by atoms with van der Waals surface area (Å²) in [7, 11) is 3.21. The van der Waals surface area contributed by atoms with E-state index in [2.05, 4.69) is 59.0 Å². The third-order valence-corrected chi connectivity index (χ3v) is 15.3. The van der Waals surface area contributed by atoms with Crippen LogP contribution in [0.1, 0.15) is 86.1 Å². The predicted octanol–water partition coefficient (Wildman–Crippen LogP) is 15.4. The molecular weight excluding hydrogens is 1190 g/mol. The van der Waals surface area contributed by atoms with Crippen molar-refractivity contribution in [2.75, 3.05) is 14.2 Å². The first-order chi connectivity index (χ1) is 41.3. The monoisotopic (exact) mass is 1270 g/mol. The lowest BCUT2D eigenvalue weighted by atomic mass is 9.82. The van der Waals surface area contributed by atoms with Gasteiger partial charge in [-0.1, -0.05) is 205 Å². The highest BCUT2D eigenvalue weighted by Crippen LogP contribution is 2.32. The molecule has 0 saturated carbocycles. The molecule has 4 atom stereocenters. The summed E-state index contributed by atoms with van der Waals surface area (Å²) in [6.45, 7) is 11.2. The molecule has 0 aliphatic rings. The fraction of sp³-hybridized carbons (Fsp3) is 0.297. The van der Waals surface area contributed by atoms with Crippen molar-refractivity contribution in [1.29, 1.82) is 0 Å². The van der Waals surface area contributed by atoms with Crippen LogP contribution in [0.4, 0.5) is 0 Å². The molecule has 0 unspecified atom stereocenters. The van der Waals surface area contributed by atoms with Crippen molar-refractivity contribution in [2.24, 2.45) is 23.7 Å². The van der Waals surface area contributed by atoms with Crippen LogP contribution in [-0.4, -0.2) is 54.4 Å². The molecule has 12 heteroatoms. The van der Waals surface area contributed by atoms with Crippen LogP contribution >= 0.6 is 22.6 Å². The second kappa shape index (κ2) is 31.9. The molecule has 448 valence electrons. The van der Waals surface area contributed by atoms with Crippen LogP contribution in [0.3, 0.4) is 0 Å². The maximum absolute atomic E-state index is 13.8. The van der Waals surface area contributed by atoms with E-state index >= 15 is 0 Å². The zero-order valence-corrected chi connectivity index (χ0v) is 52.7. The lowest BCUT2D eigenvalue weighted by molar-refractivity contribution is -0.169. The zero-order valence-electron chi connectivity index (χ0n) is 50.5. The molecule has 0 aliphatic heterocycles. The van der Waals surface area contributed by atoms with Crippen molar-refractivity contribution < 1.29 is 52.7 Å². The molecule has 0 aromatic heterocycles. The Morgan fingerprint density at radius 1 is 0.360 bits per heavy atom. The summed E-state index contributed by atoms with van der Waals surface area (Å²) in [5, 5.41) is 9.35. The quantitative estimate of drug-likeness (QED) is 0.0267. The number of halogens is 1. The molecule has 0 bridgehead atoms. The number of ether oxygens (including phenoxy) is 6. The Bertz CT molecular complexity index is 3140. The molecule has 8 aromatic carbocycles. The summed E-state index contributed by atoms with van der Waals surface area (Å²) in [5.41, 5.74) is 10.4. The number of hydrogen-bond donors (Lipinski definition) is 1. The van der Waals surface area contributed by atoms with Crippen molar-refractivity contribution in [3.05, 3.63) is 251 Å². The molecule has 0 heterocycles. The number of aliphatic hydroxyl groups is 1. The lowest BCUT2D eigenvalue weighted by Crippen LogP contribution is -2.38. The molecule has 0 saturated heterocycles. The van der Waals surface area contributed by atoms with E-state index in [4.69, 9.17) is 28.4 Å². The summed E-state index contributed by atoms with van der Waals surface area (Å²) < 4.78 is 34.8. The molecule has 8 aromatic rings. The van der Waals surface area contributed by atoms with E-state index in [1.807, 2.05) is 211 Å². The molecule has 0 radical (unpaired) electrons. The fourth-order valence-corrected chi connectivity index (χ4v) is 10.3. The van der Waals surface area contributed by atoms with Crippen molar-refractivity contribution in [3.8, 4) is 33.8 Å². The predicted molar refractivity (Wildman–Crippen MR) is 346 cm³/mol. The summed E-state index contributed by atoms with van der Waals surface area (Å²) in [5.74, 6) is -3.28. The van der Waals surface area contributed by atoms with Gasteiger partial charge in [-0.25, -0.2) is 0 Å². The molecule has 0 fully saturated rings. The van der Waals surface area contributed by atoms with Crippen LogP contribution in [-0.2, 0) is 88.1 Å². The summed E-state index contributed by atoms with van der Waals surface area (Å²) in [4.78, 5) is 55.0. The Balaban J connectivity index is 0.000000246. The van der Waals surface area contributed by atoms with Crippen molar-refractivity contribution in [2.45, 2.75) is 103 Å². The van der Waals surface area contributed by atoms with E-state index in [-0.39, 0.29) is 19.8 Å². The number of methoxy groups -OCH3 is 2. The number of esters is 4. The Labute approximate surface area is 521 Å². The van der Waals surface area contributed by atoms with Gasteiger partial charge in [0, 0.05) is 4.43 Å². The van der Waals surface area contributed by atoms with Crippen LogP contribution in [0.15, 0.2) is 206 Å². The highest BCUT2D eigenvalue weighted by molar-refractivity contribution is 14.1. The first-order valence-corrected chi connectivity index (χ1v) is 30.5. The highest BCUT2D eigenvalue weighted by atomic mass is 127. The van der Waals surface area contributed by atoms with Gasteiger partial charge in [0.2, 0.25) is 0 Å². The molecule has 1 N–H and O–H groups in total. The minimum absolute atomic E-state index is 0.00203. The second-order valence-electron chi connectivity index (χ2n) is 23.3. The zero-order chi connectivity index (χ0) is 61.6. The molecule has 0 spiro atoms. The van der Waals surface area contributed by atoms with E-state index in [1.54, 1.807) is 14.2 Å². The van der Waals surface area contributed by atoms with E-state index in [0.29, 0.717) is 25.7 Å². The van der Waals surface area contributed by atoms with Gasteiger partial charge in [0.25, 0.3) is 0 Å². The molecule has 8 rings (SSSR count). The maximum atomic E-state index is 13.8. The molecule has 0 aliphatic carbocycles. The van der Waals surface area contributed by atoms with E-state index in [1.165, 1.54) is 5.56 Å². The smallest absolute Gasteiger partial charge is 0.310 e. The average Bonchev–Trinajstić information content (AvgIpc) is 3.14. The van der Waals surface area contributed by atoms with Crippen LogP contribution < -0.4 is 9.47 Å². The largest absolute Gasteiger partial charge is 0.497 e. The minimum atomic E-state index is -0.766. The maximum Gasteiger partial charge on any atom is 0.310 e. The number of alkyl halides is 1.